The van der Waals surface area contributed by atoms with E-state index in [-0.39, 0.29) is 0 Å². The maximum absolute atomic E-state index is 11.6. The number of hydrogen-bond acceptors (Lipinski definition) is 2. The zero-order chi connectivity index (χ0) is 11.4. The molecule has 2 aliphatic rings. The van der Waals surface area contributed by atoms with E-state index in [0.717, 1.165) is 25.3 Å². The summed E-state index contributed by atoms with van der Waals surface area (Å²) in [4.78, 5) is 14.1. The first-order valence-electron chi connectivity index (χ1n) is 7.01. The van der Waals surface area contributed by atoms with Crippen molar-refractivity contribution >= 4 is 5.78 Å². The van der Waals surface area contributed by atoms with E-state index in [4.69, 9.17) is 0 Å². The molecule has 0 radical (unpaired) electrons. The monoisotopic (exact) mass is 223 g/mol. The lowest BCUT2D eigenvalue weighted by atomic mass is 9.88. The van der Waals surface area contributed by atoms with Gasteiger partial charge in [0, 0.05) is 19.0 Å². The number of Topliss-reactive ketones (excluding diaryl/α,β-unsaturated/α-hetero) is 1. The van der Waals surface area contributed by atoms with Crippen LogP contribution in [0.3, 0.4) is 0 Å². The summed E-state index contributed by atoms with van der Waals surface area (Å²) in [5, 5.41) is 0. The van der Waals surface area contributed by atoms with Crippen LogP contribution in [0, 0.1) is 5.92 Å². The number of nitrogens with zero attached hydrogens (tertiary/aromatic N) is 1. The van der Waals surface area contributed by atoms with Crippen molar-refractivity contribution in [3.63, 3.8) is 0 Å². The number of rotatable bonds is 2. The highest BCUT2D eigenvalue weighted by molar-refractivity contribution is 5.80. The molecule has 1 atom stereocenters. The van der Waals surface area contributed by atoms with Gasteiger partial charge in [0.25, 0.3) is 0 Å². The van der Waals surface area contributed by atoms with Gasteiger partial charge in [0.1, 0.15) is 5.78 Å². The second-order valence-electron chi connectivity index (χ2n) is 5.71. The van der Waals surface area contributed by atoms with Crippen LogP contribution in [0.1, 0.15) is 58.3 Å². The quantitative estimate of drug-likeness (QED) is 0.717. The van der Waals surface area contributed by atoms with Crippen LogP contribution in [0.25, 0.3) is 0 Å². The average molecular weight is 223 g/mol. The van der Waals surface area contributed by atoms with Crippen molar-refractivity contribution < 1.29 is 4.79 Å². The molecule has 1 aliphatic carbocycles. The third-order valence-corrected chi connectivity index (χ3v) is 4.30. The van der Waals surface area contributed by atoms with E-state index >= 15 is 0 Å². The summed E-state index contributed by atoms with van der Waals surface area (Å²) in [6.07, 6.45) is 10.1. The molecular weight excluding hydrogens is 198 g/mol. The van der Waals surface area contributed by atoms with Crippen molar-refractivity contribution in [1.29, 1.82) is 0 Å². The zero-order valence-corrected chi connectivity index (χ0v) is 10.6. The Morgan fingerprint density at radius 2 is 1.88 bits per heavy atom. The van der Waals surface area contributed by atoms with Gasteiger partial charge in [-0.2, -0.15) is 0 Å². The average Bonchev–Trinajstić information content (AvgIpc) is 2.43. The molecule has 0 aromatic rings. The highest BCUT2D eigenvalue weighted by atomic mass is 16.1. The summed E-state index contributed by atoms with van der Waals surface area (Å²) in [7, 11) is 0. The maximum Gasteiger partial charge on any atom is 0.146 e. The van der Waals surface area contributed by atoms with E-state index < -0.39 is 0 Å². The molecule has 16 heavy (non-hydrogen) atoms. The van der Waals surface area contributed by atoms with Crippen LogP contribution in [0.2, 0.25) is 0 Å². The lowest BCUT2D eigenvalue weighted by molar-refractivity contribution is -0.120. The predicted octanol–water partition coefficient (Wildman–Crippen LogP) is 3.01. The van der Waals surface area contributed by atoms with Crippen LogP contribution < -0.4 is 0 Å². The first-order valence-corrected chi connectivity index (χ1v) is 7.01. The summed E-state index contributed by atoms with van der Waals surface area (Å²) in [6.45, 7) is 4.19. The van der Waals surface area contributed by atoms with Crippen LogP contribution in [-0.4, -0.2) is 29.8 Å². The maximum atomic E-state index is 11.6. The van der Waals surface area contributed by atoms with Crippen molar-refractivity contribution in [3.8, 4) is 0 Å². The second kappa shape index (κ2) is 5.81. The fraction of sp³-hybridized carbons (Fsp3) is 0.929. The molecule has 0 bridgehead atoms. The zero-order valence-electron chi connectivity index (χ0n) is 10.6. The molecule has 1 saturated carbocycles. The third-order valence-electron chi connectivity index (χ3n) is 4.30. The molecule has 2 heteroatoms. The van der Waals surface area contributed by atoms with Gasteiger partial charge in [-0.25, -0.2) is 0 Å². The number of ketones is 1. The Balaban J connectivity index is 1.87. The first kappa shape index (κ1) is 12.1. The van der Waals surface area contributed by atoms with Crippen molar-refractivity contribution in [2.24, 2.45) is 5.92 Å². The summed E-state index contributed by atoms with van der Waals surface area (Å²) >= 11 is 0. The van der Waals surface area contributed by atoms with E-state index in [0.29, 0.717) is 11.8 Å². The molecule has 1 heterocycles. The fourth-order valence-electron chi connectivity index (χ4n) is 3.18. The number of carbonyl (C=O) groups excluding carboxylic acids is 1. The molecule has 0 amide bonds. The standard InChI is InChI=1S/C14H25NO/c1-12-6-5-9-14(16)11-15(12)10-13-7-3-2-4-8-13/h12-13H,2-11H2,1H3. The van der Waals surface area contributed by atoms with Gasteiger partial charge in [0.15, 0.2) is 0 Å². The highest BCUT2D eigenvalue weighted by Crippen LogP contribution is 2.26. The molecule has 1 aliphatic heterocycles. The topological polar surface area (TPSA) is 20.3 Å². The van der Waals surface area contributed by atoms with E-state index in [1.165, 1.54) is 45.1 Å². The largest absolute Gasteiger partial charge is 0.298 e. The Bertz CT molecular complexity index is 233. The molecule has 1 saturated heterocycles. The van der Waals surface area contributed by atoms with E-state index in [1.54, 1.807) is 0 Å². The van der Waals surface area contributed by atoms with E-state index in [2.05, 4.69) is 11.8 Å². The van der Waals surface area contributed by atoms with Gasteiger partial charge in [-0.3, -0.25) is 9.69 Å². The molecule has 0 aromatic carbocycles. The van der Waals surface area contributed by atoms with Crippen molar-refractivity contribution in [1.82, 2.24) is 4.90 Å². The second-order valence-corrected chi connectivity index (χ2v) is 5.71. The minimum absolute atomic E-state index is 0.458. The summed E-state index contributed by atoms with van der Waals surface area (Å²) in [6, 6.07) is 0.619. The molecule has 0 spiro atoms. The van der Waals surface area contributed by atoms with E-state index in [9.17, 15) is 4.79 Å². The lowest BCUT2D eigenvalue weighted by Crippen LogP contribution is -2.39. The van der Waals surface area contributed by atoms with Crippen LogP contribution in [0.4, 0.5) is 0 Å². The SMILES string of the molecule is CC1CCCC(=O)CN1CC1CCCCC1. The summed E-state index contributed by atoms with van der Waals surface area (Å²) in [5.74, 6) is 1.32. The van der Waals surface area contributed by atoms with Gasteiger partial charge < -0.3 is 0 Å². The van der Waals surface area contributed by atoms with Gasteiger partial charge in [-0.1, -0.05) is 19.3 Å². The predicted molar refractivity (Wildman–Crippen MR) is 66.5 cm³/mol. The van der Waals surface area contributed by atoms with Crippen molar-refractivity contribution in [2.75, 3.05) is 13.1 Å². The Labute approximate surface area is 99.4 Å². The van der Waals surface area contributed by atoms with Crippen LogP contribution >= 0.6 is 0 Å². The summed E-state index contributed by atoms with van der Waals surface area (Å²) in [5.41, 5.74) is 0. The molecule has 0 aromatic heterocycles. The van der Waals surface area contributed by atoms with Gasteiger partial charge in [-0.15, -0.1) is 0 Å². The Hall–Kier alpha value is -0.370. The fourth-order valence-corrected chi connectivity index (χ4v) is 3.18. The van der Waals surface area contributed by atoms with Gasteiger partial charge in [0.05, 0.1) is 6.54 Å². The van der Waals surface area contributed by atoms with Gasteiger partial charge >= 0.3 is 0 Å². The normalized spacial score (nSPS) is 30.3. The molecule has 2 rings (SSSR count). The summed E-state index contributed by atoms with van der Waals surface area (Å²) < 4.78 is 0. The van der Waals surface area contributed by atoms with Crippen LogP contribution in [0.15, 0.2) is 0 Å². The minimum Gasteiger partial charge on any atom is -0.298 e. The minimum atomic E-state index is 0.458. The van der Waals surface area contributed by atoms with E-state index in [1.807, 2.05) is 0 Å². The Morgan fingerprint density at radius 1 is 1.12 bits per heavy atom. The van der Waals surface area contributed by atoms with Crippen molar-refractivity contribution in [2.45, 2.75) is 64.3 Å². The number of likely N-dealkylation sites (tertiary alicyclic amines) is 1. The Kier molecular flexibility index (Phi) is 4.39. The van der Waals surface area contributed by atoms with Crippen molar-refractivity contribution in [3.05, 3.63) is 0 Å². The van der Waals surface area contributed by atoms with Gasteiger partial charge in [0.2, 0.25) is 0 Å². The smallest absolute Gasteiger partial charge is 0.146 e. The molecule has 2 nitrogen and oxygen atoms in total. The highest BCUT2D eigenvalue weighted by Gasteiger charge is 2.24. The molecule has 1 unspecified atom stereocenters. The lowest BCUT2D eigenvalue weighted by Gasteiger charge is -2.32. The van der Waals surface area contributed by atoms with Gasteiger partial charge in [-0.05, 0) is 38.5 Å². The Morgan fingerprint density at radius 3 is 2.62 bits per heavy atom. The first-order chi connectivity index (χ1) is 7.75. The third kappa shape index (κ3) is 3.31. The number of carbonyl (C=O) groups is 1. The molecule has 2 fully saturated rings. The van der Waals surface area contributed by atoms with Crippen LogP contribution in [-0.2, 0) is 4.79 Å². The van der Waals surface area contributed by atoms with Crippen LogP contribution in [0.5, 0.6) is 0 Å². The number of hydrogen-bond donors (Lipinski definition) is 0. The molecular formula is C14H25NO. The molecule has 92 valence electrons. The molecule has 0 N–H and O–H groups in total.